The first-order valence-corrected chi connectivity index (χ1v) is 11.1. The van der Waals surface area contributed by atoms with Gasteiger partial charge in [-0.05, 0) is 43.4 Å². The molecule has 4 heterocycles. The van der Waals surface area contributed by atoms with Crippen LogP contribution in [0.3, 0.4) is 0 Å². The molecule has 1 aliphatic heterocycles. The summed E-state index contributed by atoms with van der Waals surface area (Å²) in [6, 6.07) is 4.26. The fourth-order valence-corrected chi connectivity index (χ4v) is 4.12. The third-order valence-corrected chi connectivity index (χ3v) is 5.90. The standard InChI is InChI=1S/C23H25FN8O/c1-13(2)17-11-20(31-30-17)28-21-15-5-3-6-16(15)27-23(29-21)32-10-4-7-18(32)22(33)26-14-8-9-19(24)25-12-14/h3,6,8-9,11-13,18H,4-5,7,10H2,1-2H3,(H,26,33)(H2,27,28,29,30,31)/t18-/m0/s1. The molecule has 3 N–H and O–H groups in total. The smallest absolute Gasteiger partial charge is 0.247 e. The maximum absolute atomic E-state index is 13.1. The number of anilines is 4. The number of fused-ring (bicyclic) bond motifs is 1. The topological polar surface area (TPSA) is 112 Å². The molecule has 0 spiro atoms. The number of halogens is 1. The van der Waals surface area contributed by atoms with Gasteiger partial charge in [-0.1, -0.05) is 19.9 Å². The van der Waals surface area contributed by atoms with E-state index >= 15 is 0 Å². The van der Waals surface area contributed by atoms with Gasteiger partial charge in [0.05, 0.1) is 17.6 Å². The molecule has 1 fully saturated rings. The van der Waals surface area contributed by atoms with Crippen LogP contribution in [0.5, 0.6) is 0 Å². The first-order valence-electron chi connectivity index (χ1n) is 11.1. The molecule has 0 saturated carbocycles. The van der Waals surface area contributed by atoms with Crippen LogP contribution in [0.15, 0.2) is 30.5 Å². The number of hydrogen-bond acceptors (Lipinski definition) is 7. The van der Waals surface area contributed by atoms with E-state index in [1.165, 1.54) is 18.3 Å². The van der Waals surface area contributed by atoms with Crippen molar-refractivity contribution in [1.82, 2.24) is 25.1 Å². The van der Waals surface area contributed by atoms with Gasteiger partial charge in [0.15, 0.2) is 5.82 Å². The van der Waals surface area contributed by atoms with Gasteiger partial charge in [-0.3, -0.25) is 9.89 Å². The fraction of sp³-hybridized carbons (Fsp3) is 0.348. The van der Waals surface area contributed by atoms with Crippen LogP contribution in [0, 0.1) is 5.95 Å². The minimum Gasteiger partial charge on any atom is -0.329 e. The molecule has 1 atom stereocenters. The molecule has 0 aromatic carbocycles. The lowest BCUT2D eigenvalue weighted by atomic mass is 10.1. The zero-order valence-electron chi connectivity index (χ0n) is 18.5. The van der Waals surface area contributed by atoms with E-state index in [9.17, 15) is 9.18 Å². The van der Waals surface area contributed by atoms with E-state index in [4.69, 9.17) is 9.97 Å². The highest BCUT2D eigenvalue weighted by molar-refractivity contribution is 5.97. The Morgan fingerprint density at radius 2 is 2.18 bits per heavy atom. The Morgan fingerprint density at radius 1 is 1.30 bits per heavy atom. The number of pyridine rings is 1. The van der Waals surface area contributed by atoms with E-state index in [1.807, 2.05) is 23.1 Å². The molecule has 170 valence electrons. The van der Waals surface area contributed by atoms with Gasteiger partial charge in [-0.25, -0.2) is 9.97 Å². The molecule has 1 amide bonds. The number of aromatic nitrogens is 5. The lowest BCUT2D eigenvalue weighted by Crippen LogP contribution is -2.40. The van der Waals surface area contributed by atoms with Crippen LogP contribution in [0.2, 0.25) is 0 Å². The second kappa shape index (κ2) is 8.61. The highest BCUT2D eigenvalue weighted by atomic mass is 19.1. The number of rotatable bonds is 6. The molecular formula is C23H25FN8O. The minimum atomic E-state index is -0.590. The largest absolute Gasteiger partial charge is 0.329 e. The van der Waals surface area contributed by atoms with Crippen LogP contribution in [0.4, 0.5) is 27.7 Å². The van der Waals surface area contributed by atoms with Crippen molar-refractivity contribution >= 4 is 35.3 Å². The molecule has 9 nitrogen and oxygen atoms in total. The third-order valence-electron chi connectivity index (χ3n) is 5.90. The molecular weight excluding hydrogens is 423 g/mol. The number of amides is 1. The molecule has 2 aliphatic rings. The van der Waals surface area contributed by atoms with Crippen LogP contribution >= 0.6 is 0 Å². The van der Waals surface area contributed by atoms with Crippen molar-refractivity contribution in [3.05, 3.63) is 53.4 Å². The summed E-state index contributed by atoms with van der Waals surface area (Å²) in [6.45, 7) is 4.87. The summed E-state index contributed by atoms with van der Waals surface area (Å²) in [7, 11) is 0. The number of allylic oxidation sites excluding steroid dienone is 1. The van der Waals surface area contributed by atoms with Gasteiger partial charge in [-0.15, -0.1) is 0 Å². The highest BCUT2D eigenvalue weighted by Gasteiger charge is 2.33. The number of hydrogen-bond donors (Lipinski definition) is 3. The van der Waals surface area contributed by atoms with Crippen molar-refractivity contribution in [1.29, 1.82) is 0 Å². The number of carbonyl (C=O) groups excluding carboxylic acids is 1. The summed E-state index contributed by atoms with van der Waals surface area (Å²) in [5, 5.41) is 13.6. The molecule has 0 bridgehead atoms. The zero-order chi connectivity index (χ0) is 22.9. The van der Waals surface area contributed by atoms with Gasteiger partial charge < -0.3 is 15.5 Å². The maximum Gasteiger partial charge on any atom is 0.247 e. The second-order valence-electron chi connectivity index (χ2n) is 8.54. The number of nitrogens with one attached hydrogen (secondary N) is 3. The zero-order valence-corrected chi connectivity index (χ0v) is 18.5. The lowest BCUT2D eigenvalue weighted by molar-refractivity contribution is -0.117. The second-order valence-corrected chi connectivity index (χ2v) is 8.54. The van der Waals surface area contributed by atoms with Crippen molar-refractivity contribution in [2.24, 2.45) is 0 Å². The van der Waals surface area contributed by atoms with Gasteiger partial charge in [0.2, 0.25) is 17.8 Å². The van der Waals surface area contributed by atoms with Crippen LogP contribution in [0.25, 0.3) is 6.08 Å². The van der Waals surface area contributed by atoms with E-state index in [-0.39, 0.29) is 5.91 Å². The Bertz CT molecular complexity index is 1200. The number of nitrogens with zero attached hydrogens (tertiary/aromatic N) is 5. The first-order chi connectivity index (χ1) is 16.0. The van der Waals surface area contributed by atoms with E-state index in [1.54, 1.807) is 0 Å². The van der Waals surface area contributed by atoms with Crippen molar-refractivity contribution in [3.8, 4) is 0 Å². The minimum absolute atomic E-state index is 0.191. The summed E-state index contributed by atoms with van der Waals surface area (Å²) >= 11 is 0. The molecule has 10 heteroatoms. The Hall–Kier alpha value is -3.82. The highest BCUT2D eigenvalue weighted by Crippen LogP contribution is 2.32. The summed E-state index contributed by atoms with van der Waals surface area (Å²) in [5.41, 5.74) is 3.34. The van der Waals surface area contributed by atoms with Crippen LogP contribution in [-0.4, -0.2) is 43.6 Å². The molecule has 1 aliphatic carbocycles. The van der Waals surface area contributed by atoms with Crippen molar-refractivity contribution in [3.63, 3.8) is 0 Å². The van der Waals surface area contributed by atoms with Crippen molar-refractivity contribution in [2.45, 2.75) is 45.1 Å². The fourth-order valence-electron chi connectivity index (χ4n) is 4.12. The lowest BCUT2D eigenvalue weighted by Gasteiger charge is -2.25. The first kappa shape index (κ1) is 21.0. The monoisotopic (exact) mass is 448 g/mol. The average molecular weight is 449 g/mol. The van der Waals surface area contributed by atoms with Gasteiger partial charge in [0.25, 0.3) is 0 Å². The van der Waals surface area contributed by atoms with Gasteiger partial charge in [0.1, 0.15) is 11.9 Å². The molecule has 5 rings (SSSR count). The Kier molecular flexibility index (Phi) is 5.49. The maximum atomic E-state index is 13.1. The summed E-state index contributed by atoms with van der Waals surface area (Å²) < 4.78 is 13.1. The predicted molar refractivity (Wildman–Crippen MR) is 124 cm³/mol. The van der Waals surface area contributed by atoms with E-state index < -0.39 is 12.0 Å². The summed E-state index contributed by atoms with van der Waals surface area (Å²) in [6.07, 6.45) is 7.59. The van der Waals surface area contributed by atoms with Gasteiger partial charge >= 0.3 is 0 Å². The van der Waals surface area contributed by atoms with E-state index in [0.717, 1.165) is 29.8 Å². The third kappa shape index (κ3) is 4.28. The molecule has 0 radical (unpaired) electrons. The molecule has 0 unspecified atom stereocenters. The van der Waals surface area contributed by atoms with Crippen LogP contribution < -0.4 is 15.5 Å². The van der Waals surface area contributed by atoms with Gasteiger partial charge in [-0.2, -0.15) is 14.5 Å². The van der Waals surface area contributed by atoms with Crippen LogP contribution in [0.1, 0.15) is 49.6 Å². The quantitative estimate of drug-likeness (QED) is 0.492. The number of H-pyrrole nitrogens is 1. The van der Waals surface area contributed by atoms with E-state index in [2.05, 4.69) is 39.7 Å². The normalized spacial score (nSPS) is 17.0. The Balaban J connectivity index is 1.40. The van der Waals surface area contributed by atoms with E-state index in [0.29, 0.717) is 42.2 Å². The van der Waals surface area contributed by atoms with Crippen molar-refractivity contribution in [2.75, 3.05) is 22.1 Å². The summed E-state index contributed by atoms with van der Waals surface area (Å²) in [5.74, 6) is 1.43. The van der Waals surface area contributed by atoms with Crippen LogP contribution in [-0.2, 0) is 11.2 Å². The number of carbonyl (C=O) groups is 1. The van der Waals surface area contributed by atoms with Gasteiger partial charge in [0, 0.05) is 23.9 Å². The Morgan fingerprint density at radius 3 is 2.94 bits per heavy atom. The number of aromatic amines is 1. The molecule has 3 aromatic rings. The SMILES string of the molecule is CC(C)c1cc(Nc2nc(N3CCC[C@H]3C(=O)Nc3ccc(F)nc3)nc3c2CC=C3)n[nH]1. The predicted octanol–water partition coefficient (Wildman–Crippen LogP) is 3.78. The average Bonchev–Trinajstić information content (AvgIpc) is 3.55. The Labute approximate surface area is 190 Å². The molecule has 3 aromatic heterocycles. The van der Waals surface area contributed by atoms with Crippen molar-refractivity contribution < 1.29 is 9.18 Å². The molecule has 33 heavy (non-hydrogen) atoms. The molecule has 1 saturated heterocycles. The summed E-state index contributed by atoms with van der Waals surface area (Å²) in [4.78, 5) is 28.0.